The number of hydrogen-bond acceptors (Lipinski definition) is 13. The van der Waals surface area contributed by atoms with Crippen LogP contribution in [-0.4, -0.2) is 41.6 Å². The molecule has 0 saturated carbocycles. The van der Waals surface area contributed by atoms with E-state index in [1.165, 1.54) is 19.3 Å². The normalized spacial score (nSPS) is 10.9. The molecule has 0 radical (unpaired) electrons. The quantitative estimate of drug-likeness (QED) is 0.00901. The Morgan fingerprint density at radius 1 is 0.597 bits per heavy atom. The number of anilines is 4. The van der Waals surface area contributed by atoms with E-state index < -0.39 is 29.4 Å². The largest absolute Gasteiger partial charge is 0.493 e. The first kappa shape index (κ1) is 48.4. The van der Waals surface area contributed by atoms with Gasteiger partial charge in [0.25, 0.3) is 0 Å². The topological polar surface area (TPSA) is 207 Å². The van der Waals surface area contributed by atoms with Gasteiger partial charge in [-0.15, -0.1) is 9.24 Å². The third-order valence-electron chi connectivity index (χ3n) is 10.2. The van der Waals surface area contributed by atoms with E-state index in [4.69, 9.17) is 19.9 Å². The smallest absolute Gasteiger partial charge is 0.311 e. The van der Waals surface area contributed by atoms with E-state index in [0.29, 0.717) is 46.3 Å². The predicted octanol–water partition coefficient (Wildman–Crippen LogP) is 8.00. The average Bonchev–Trinajstić information content (AvgIpc) is 3.34. The van der Waals surface area contributed by atoms with E-state index in [1.54, 1.807) is 72.8 Å². The van der Waals surface area contributed by atoms with Crippen LogP contribution in [0.4, 0.5) is 22.7 Å². The number of carbonyl (C=O) groups excluding carboxylic acids is 5. The van der Waals surface area contributed by atoms with Gasteiger partial charge in [0.1, 0.15) is 5.75 Å². The maximum absolute atomic E-state index is 12.9. The first-order valence-corrected chi connectivity index (χ1v) is 21.7. The lowest BCUT2D eigenvalue weighted by atomic mass is 10.1. The second-order valence-corrected chi connectivity index (χ2v) is 15.7. The van der Waals surface area contributed by atoms with Gasteiger partial charge in [0, 0.05) is 10.9 Å². The summed E-state index contributed by atoms with van der Waals surface area (Å²) in [5.41, 5.74) is 25.2. The minimum Gasteiger partial charge on any atom is -0.493 e. The number of ketones is 2. The highest BCUT2D eigenvalue weighted by molar-refractivity contribution is 7.27. The molecule has 0 saturated heterocycles. The molecule has 14 nitrogen and oxygen atoms in total. The zero-order valence-electron chi connectivity index (χ0n) is 36.6. The number of esters is 2. The average molecular weight is 920 g/mol. The Bertz CT molecular complexity index is 2770. The van der Waals surface area contributed by atoms with E-state index in [9.17, 15) is 29.1 Å². The number of aliphatic hydroxyl groups is 1. The van der Waals surface area contributed by atoms with Crippen LogP contribution >= 0.6 is 9.24 Å². The van der Waals surface area contributed by atoms with Crippen molar-refractivity contribution < 1.29 is 43.3 Å². The lowest BCUT2D eigenvalue weighted by molar-refractivity contribution is -0.135. The number of carbonyl (C=O) groups is 5. The molecule has 0 bridgehead atoms. The molecule has 6 rings (SSSR count). The molecule has 0 spiro atoms. The third-order valence-corrected chi connectivity index (χ3v) is 10.6. The maximum atomic E-state index is 12.9. The molecular weight excluding hydrogens is 870 g/mol. The predicted molar refractivity (Wildman–Crippen MR) is 264 cm³/mol. The molecule has 0 aliphatic heterocycles. The van der Waals surface area contributed by atoms with Crippen LogP contribution in [0.25, 0.3) is 12.2 Å². The molecule has 15 heteroatoms. The molecule has 6 aromatic carbocycles. The standard InChI is InChI=1S/C52H50N5O9P/c1-64-48-30-34(14-26-46(48)65-50(61)28-18-37-6-2-4-8-44(37)56-54-40-20-10-36(33-58)11-21-40)12-24-42(59)32-43(60)25-13-35-15-27-47(49(67)31-35)66-51(62)29-19-38-7-3-5-9-45(38)57-55-41-22-16-39(17-23-41)52(53)63/h2-17,20-27,30-31,54-58H,18-19,28-29,32-33,67H2,1H3,(H2,53,63)/b24-12+,25-13+. The van der Waals surface area contributed by atoms with Crippen molar-refractivity contribution in [2.45, 2.75) is 38.7 Å². The zero-order chi connectivity index (χ0) is 47.5. The van der Waals surface area contributed by atoms with Crippen LogP contribution in [-0.2, 0) is 38.6 Å². The van der Waals surface area contributed by atoms with Crippen molar-refractivity contribution in [3.8, 4) is 17.2 Å². The van der Waals surface area contributed by atoms with Gasteiger partial charge in [-0.05, 0) is 126 Å². The summed E-state index contributed by atoms with van der Waals surface area (Å²) in [6.45, 7) is -0.0338. The number of aryl methyl sites for hydroxylation is 2. The Morgan fingerprint density at radius 2 is 1.09 bits per heavy atom. The Morgan fingerprint density at radius 3 is 1.60 bits per heavy atom. The second kappa shape index (κ2) is 24.3. The van der Waals surface area contributed by atoms with Crippen LogP contribution in [0.1, 0.15) is 57.4 Å². The SMILES string of the molecule is COc1cc(/C=C/C(=O)CC(=O)/C=C/c2ccc(OC(=O)CCc3ccccc3NNc3ccc(C(N)=O)cc3)c(P)c2)ccc1OC(=O)CCc1ccccc1NNc1ccc(CO)cc1. The summed E-state index contributed by atoms with van der Waals surface area (Å²) in [5, 5.41) is 9.88. The van der Waals surface area contributed by atoms with Crippen LogP contribution in [0.2, 0.25) is 0 Å². The van der Waals surface area contributed by atoms with Crippen LogP contribution in [0, 0.1) is 0 Å². The Labute approximate surface area is 390 Å². The molecule has 0 fully saturated rings. The minimum absolute atomic E-state index is 0.0338. The monoisotopic (exact) mass is 919 g/mol. The first-order valence-electron chi connectivity index (χ1n) is 21.2. The number of para-hydroxylation sites is 2. The molecule has 0 aromatic heterocycles. The molecule has 1 amide bonds. The van der Waals surface area contributed by atoms with Gasteiger partial charge in [-0.25, -0.2) is 0 Å². The molecule has 1 atom stereocenters. The number of allylic oxidation sites excluding steroid dienone is 2. The summed E-state index contributed by atoms with van der Waals surface area (Å²) in [6, 6.07) is 39.1. The second-order valence-electron chi connectivity index (χ2n) is 15.0. The first-order chi connectivity index (χ1) is 32.5. The number of primary amides is 1. The van der Waals surface area contributed by atoms with Crippen molar-refractivity contribution in [1.82, 2.24) is 0 Å². The molecule has 0 aliphatic rings. The van der Waals surface area contributed by atoms with Crippen molar-refractivity contribution in [1.29, 1.82) is 0 Å². The van der Waals surface area contributed by atoms with Crippen molar-refractivity contribution in [3.63, 3.8) is 0 Å². The number of methoxy groups -OCH3 is 1. The van der Waals surface area contributed by atoms with Gasteiger partial charge in [0.05, 0.1) is 55.7 Å². The van der Waals surface area contributed by atoms with E-state index in [-0.39, 0.29) is 31.6 Å². The summed E-state index contributed by atoms with van der Waals surface area (Å²) < 4.78 is 16.7. The van der Waals surface area contributed by atoms with Crippen molar-refractivity contribution in [2.24, 2.45) is 5.73 Å². The number of aliphatic hydroxyl groups excluding tert-OH is 1. The Kier molecular flexibility index (Phi) is 17.5. The van der Waals surface area contributed by atoms with Crippen LogP contribution < -0.4 is 47.0 Å². The van der Waals surface area contributed by atoms with E-state index in [0.717, 1.165) is 39.4 Å². The maximum Gasteiger partial charge on any atom is 0.311 e. The summed E-state index contributed by atoms with van der Waals surface area (Å²) in [6.07, 6.45) is 6.44. The van der Waals surface area contributed by atoms with E-state index in [2.05, 4.69) is 30.9 Å². The summed E-state index contributed by atoms with van der Waals surface area (Å²) in [4.78, 5) is 62.5. The highest BCUT2D eigenvalue weighted by Crippen LogP contribution is 2.30. The van der Waals surface area contributed by atoms with E-state index in [1.807, 2.05) is 72.8 Å². The number of benzene rings is 6. The van der Waals surface area contributed by atoms with Crippen molar-refractivity contribution >= 4 is 78.9 Å². The van der Waals surface area contributed by atoms with Crippen molar-refractivity contribution in [3.05, 3.63) is 179 Å². The number of hydrogen-bond donors (Lipinski definition) is 6. The van der Waals surface area contributed by atoms with Gasteiger partial charge in [0.2, 0.25) is 5.91 Å². The number of hydrazine groups is 2. The number of nitrogens with two attached hydrogens (primary N) is 1. The van der Waals surface area contributed by atoms with Gasteiger partial charge in [-0.3, -0.25) is 24.0 Å². The number of amides is 1. The lowest BCUT2D eigenvalue weighted by Crippen LogP contribution is -2.15. The molecule has 7 N–H and O–H groups in total. The fraction of sp³-hybridized carbons (Fsp3) is 0.135. The highest BCUT2D eigenvalue weighted by atomic mass is 31.0. The molecule has 0 heterocycles. The minimum atomic E-state index is -0.508. The number of nitrogens with one attached hydrogen (secondary N) is 4. The lowest BCUT2D eigenvalue weighted by Gasteiger charge is -2.14. The van der Waals surface area contributed by atoms with Crippen LogP contribution in [0.3, 0.4) is 0 Å². The third kappa shape index (κ3) is 15.0. The molecule has 1 unspecified atom stereocenters. The Hall–Kier alpha value is -8.06. The van der Waals surface area contributed by atoms with Gasteiger partial charge in [-0.1, -0.05) is 72.8 Å². The zero-order valence-corrected chi connectivity index (χ0v) is 37.8. The van der Waals surface area contributed by atoms with Crippen molar-refractivity contribution in [2.75, 3.05) is 28.8 Å². The fourth-order valence-corrected chi connectivity index (χ4v) is 6.88. The fourth-order valence-electron chi connectivity index (χ4n) is 6.54. The number of rotatable bonds is 23. The summed E-state index contributed by atoms with van der Waals surface area (Å²) >= 11 is 0. The molecule has 6 aromatic rings. The van der Waals surface area contributed by atoms with Gasteiger partial charge in [-0.2, -0.15) is 0 Å². The highest BCUT2D eigenvalue weighted by Gasteiger charge is 2.14. The van der Waals surface area contributed by atoms with Gasteiger partial charge < -0.3 is 46.8 Å². The Balaban J connectivity index is 0.929. The van der Waals surface area contributed by atoms with Crippen LogP contribution in [0.5, 0.6) is 17.2 Å². The molecule has 342 valence electrons. The summed E-state index contributed by atoms with van der Waals surface area (Å²) in [5.74, 6) is -1.32. The molecule has 0 aliphatic carbocycles. The van der Waals surface area contributed by atoms with Gasteiger partial charge >= 0.3 is 11.9 Å². The van der Waals surface area contributed by atoms with Gasteiger partial charge in [0.15, 0.2) is 23.1 Å². The van der Waals surface area contributed by atoms with E-state index >= 15 is 0 Å². The number of ether oxygens (including phenoxy) is 3. The molecular formula is C52H50N5O9P. The molecule has 67 heavy (non-hydrogen) atoms. The van der Waals surface area contributed by atoms with Crippen LogP contribution in [0.15, 0.2) is 146 Å². The summed E-state index contributed by atoms with van der Waals surface area (Å²) in [7, 11) is 3.97.